The Bertz CT molecular complexity index is 505. The van der Waals surface area contributed by atoms with E-state index in [2.05, 4.69) is 10.3 Å². The first kappa shape index (κ1) is 12.8. The third kappa shape index (κ3) is 3.18. The van der Waals surface area contributed by atoms with Crippen LogP contribution in [0.2, 0.25) is 0 Å². The van der Waals surface area contributed by atoms with Crippen LogP contribution >= 0.6 is 11.3 Å². The molecule has 1 unspecified atom stereocenters. The molecule has 0 fully saturated rings. The van der Waals surface area contributed by atoms with E-state index in [9.17, 15) is 4.79 Å². The van der Waals surface area contributed by atoms with Gasteiger partial charge in [-0.2, -0.15) is 0 Å². The van der Waals surface area contributed by atoms with E-state index in [1.165, 1.54) is 11.3 Å². The fourth-order valence-corrected chi connectivity index (χ4v) is 2.19. The summed E-state index contributed by atoms with van der Waals surface area (Å²) in [6.45, 7) is 2.47. The maximum Gasteiger partial charge on any atom is 0.270 e. The molecule has 1 atom stereocenters. The van der Waals surface area contributed by atoms with Crippen LogP contribution in [0.5, 0.6) is 0 Å². The number of nitrogens with two attached hydrogens (primary N) is 1. The average Bonchev–Trinajstić information content (AvgIpc) is 2.99. The molecule has 2 rings (SSSR count). The van der Waals surface area contributed by atoms with E-state index in [1.807, 2.05) is 13.0 Å². The molecular formula is C12H15N3O2S. The summed E-state index contributed by atoms with van der Waals surface area (Å²) in [7, 11) is 0. The third-order valence-corrected chi connectivity index (χ3v) is 3.28. The monoisotopic (exact) mass is 265 g/mol. The van der Waals surface area contributed by atoms with Crippen molar-refractivity contribution in [2.75, 3.05) is 6.54 Å². The quantitative estimate of drug-likeness (QED) is 0.864. The molecule has 0 aliphatic carbocycles. The van der Waals surface area contributed by atoms with Gasteiger partial charge in [0.25, 0.3) is 5.91 Å². The Morgan fingerprint density at radius 1 is 1.67 bits per heavy atom. The first-order chi connectivity index (χ1) is 8.66. The lowest BCUT2D eigenvalue weighted by molar-refractivity contribution is 0.0948. The van der Waals surface area contributed by atoms with E-state index in [0.717, 1.165) is 17.0 Å². The zero-order valence-electron chi connectivity index (χ0n) is 10.1. The van der Waals surface area contributed by atoms with Crippen molar-refractivity contribution < 1.29 is 9.21 Å². The van der Waals surface area contributed by atoms with Gasteiger partial charge >= 0.3 is 0 Å². The predicted octanol–water partition coefficient (Wildman–Crippen LogP) is 1.87. The summed E-state index contributed by atoms with van der Waals surface area (Å²) in [6, 6.07) is 1.90. The summed E-state index contributed by atoms with van der Waals surface area (Å²) in [5.74, 6) is -0.165. The lowest BCUT2D eigenvalue weighted by atomic mass is 10.2. The molecule has 0 radical (unpaired) electrons. The van der Waals surface area contributed by atoms with E-state index in [4.69, 9.17) is 10.2 Å². The zero-order valence-corrected chi connectivity index (χ0v) is 10.9. The number of rotatable bonds is 5. The number of hydrogen-bond acceptors (Lipinski definition) is 5. The van der Waals surface area contributed by atoms with Gasteiger partial charge in [-0.1, -0.05) is 0 Å². The van der Waals surface area contributed by atoms with Gasteiger partial charge in [-0.15, -0.1) is 11.3 Å². The Labute approximate surface area is 109 Å². The smallest absolute Gasteiger partial charge is 0.270 e. The summed E-state index contributed by atoms with van der Waals surface area (Å²) in [6.07, 6.45) is 3.94. The summed E-state index contributed by atoms with van der Waals surface area (Å²) < 4.78 is 4.98. The molecule has 18 heavy (non-hydrogen) atoms. The van der Waals surface area contributed by atoms with Crippen molar-refractivity contribution in [3.8, 4) is 10.6 Å². The van der Waals surface area contributed by atoms with Crippen LogP contribution in [0.25, 0.3) is 10.6 Å². The van der Waals surface area contributed by atoms with Gasteiger partial charge in [0, 0.05) is 23.5 Å². The molecule has 2 aromatic heterocycles. The Morgan fingerprint density at radius 2 is 2.50 bits per heavy atom. The maximum atomic E-state index is 11.8. The fourth-order valence-electron chi connectivity index (χ4n) is 1.40. The molecular weight excluding hydrogens is 250 g/mol. The van der Waals surface area contributed by atoms with Crippen molar-refractivity contribution in [3.05, 3.63) is 29.7 Å². The van der Waals surface area contributed by atoms with Crippen LogP contribution in [0.3, 0.4) is 0 Å². The van der Waals surface area contributed by atoms with Crippen molar-refractivity contribution in [2.45, 2.75) is 19.4 Å². The molecule has 2 heterocycles. The largest absolute Gasteiger partial charge is 0.472 e. The number of carbonyl (C=O) groups excluding carboxylic acids is 1. The Hall–Kier alpha value is -1.66. The highest BCUT2D eigenvalue weighted by atomic mass is 32.1. The van der Waals surface area contributed by atoms with E-state index >= 15 is 0 Å². The highest BCUT2D eigenvalue weighted by Gasteiger charge is 2.12. The molecule has 1 amide bonds. The molecule has 0 saturated carbocycles. The standard InChI is InChI=1S/C12H15N3O2S/c1-8(13)2-4-14-11(16)10-7-18-12(15-10)9-3-5-17-6-9/h3,5-8H,2,4,13H2,1H3,(H,14,16). The number of furan rings is 1. The Balaban J connectivity index is 1.95. The summed E-state index contributed by atoms with van der Waals surface area (Å²) >= 11 is 1.42. The second kappa shape index (κ2) is 5.79. The van der Waals surface area contributed by atoms with Gasteiger partial charge < -0.3 is 15.5 Å². The predicted molar refractivity (Wildman–Crippen MR) is 70.4 cm³/mol. The van der Waals surface area contributed by atoms with Crippen LogP contribution < -0.4 is 11.1 Å². The highest BCUT2D eigenvalue weighted by molar-refractivity contribution is 7.13. The minimum Gasteiger partial charge on any atom is -0.472 e. The van der Waals surface area contributed by atoms with Crippen LogP contribution in [0.4, 0.5) is 0 Å². The van der Waals surface area contributed by atoms with Gasteiger partial charge in [0.15, 0.2) is 0 Å². The molecule has 0 bridgehead atoms. The fraction of sp³-hybridized carbons (Fsp3) is 0.333. The van der Waals surface area contributed by atoms with E-state index in [1.54, 1.807) is 17.9 Å². The van der Waals surface area contributed by atoms with Gasteiger partial charge in [0.05, 0.1) is 6.26 Å². The molecule has 6 heteroatoms. The van der Waals surface area contributed by atoms with Gasteiger partial charge in [0.1, 0.15) is 17.0 Å². The number of hydrogen-bond donors (Lipinski definition) is 2. The van der Waals surface area contributed by atoms with Crippen molar-refractivity contribution >= 4 is 17.2 Å². The van der Waals surface area contributed by atoms with Gasteiger partial charge in [-0.3, -0.25) is 4.79 Å². The Kier molecular flexibility index (Phi) is 4.11. The highest BCUT2D eigenvalue weighted by Crippen LogP contribution is 2.23. The number of thiazole rings is 1. The van der Waals surface area contributed by atoms with Crippen molar-refractivity contribution in [2.24, 2.45) is 5.73 Å². The van der Waals surface area contributed by atoms with Crippen LogP contribution in [-0.2, 0) is 0 Å². The van der Waals surface area contributed by atoms with Crippen molar-refractivity contribution in [3.63, 3.8) is 0 Å². The SMILES string of the molecule is CC(N)CCNC(=O)c1csc(-c2ccoc2)n1. The molecule has 0 saturated heterocycles. The number of nitrogens with zero attached hydrogens (tertiary/aromatic N) is 1. The molecule has 0 aromatic carbocycles. The molecule has 0 aliphatic rings. The first-order valence-corrected chi connectivity index (χ1v) is 6.56. The van der Waals surface area contributed by atoms with Crippen LogP contribution in [0, 0.1) is 0 Å². The number of carbonyl (C=O) groups is 1. The van der Waals surface area contributed by atoms with Gasteiger partial charge in [-0.25, -0.2) is 4.98 Å². The second-order valence-corrected chi connectivity index (χ2v) is 4.93. The topological polar surface area (TPSA) is 81.1 Å². The molecule has 3 N–H and O–H groups in total. The minimum absolute atomic E-state index is 0.0854. The lowest BCUT2D eigenvalue weighted by Gasteiger charge is -2.05. The van der Waals surface area contributed by atoms with Crippen LogP contribution in [-0.4, -0.2) is 23.5 Å². The second-order valence-electron chi connectivity index (χ2n) is 4.07. The number of amides is 1. The van der Waals surface area contributed by atoms with Crippen LogP contribution in [0.15, 0.2) is 28.4 Å². The molecule has 0 spiro atoms. The minimum atomic E-state index is -0.165. The van der Waals surface area contributed by atoms with Gasteiger partial charge in [0.2, 0.25) is 0 Å². The number of aromatic nitrogens is 1. The number of nitrogens with one attached hydrogen (secondary N) is 1. The molecule has 0 aliphatic heterocycles. The molecule has 5 nitrogen and oxygen atoms in total. The van der Waals surface area contributed by atoms with Gasteiger partial charge in [-0.05, 0) is 19.4 Å². The summed E-state index contributed by atoms with van der Waals surface area (Å²) in [5.41, 5.74) is 6.93. The first-order valence-electron chi connectivity index (χ1n) is 5.68. The summed E-state index contributed by atoms with van der Waals surface area (Å²) in [4.78, 5) is 16.0. The summed E-state index contributed by atoms with van der Waals surface area (Å²) in [5, 5.41) is 5.31. The van der Waals surface area contributed by atoms with Crippen LogP contribution in [0.1, 0.15) is 23.8 Å². The third-order valence-electron chi connectivity index (χ3n) is 2.39. The Morgan fingerprint density at radius 3 is 3.17 bits per heavy atom. The van der Waals surface area contributed by atoms with Crippen molar-refractivity contribution in [1.29, 1.82) is 0 Å². The maximum absolute atomic E-state index is 11.8. The lowest BCUT2D eigenvalue weighted by Crippen LogP contribution is -2.29. The van der Waals surface area contributed by atoms with Crippen molar-refractivity contribution in [1.82, 2.24) is 10.3 Å². The molecule has 2 aromatic rings. The van der Waals surface area contributed by atoms with E-state index < -0.39 is 0 Å². The van der Waals surface area contributed by atoms with E-state index in [0.29, 0.717) is 12.2 Å². The average molecular weight is 265 g/mol. The molecule has 96 valence electrons. The van der Waals surface area contributed by atoms with E-state index in [-0.39, 0.29) is 11.9 Å². The zero-order chi connectivity index (χ0) is 13.0. The normalized spacial score (nSPS) is 12.3.